The Balaban J connectivity index is 1.96. The van der Waals surface area contributed by atoms with E-state index in [2.05, 4.69) is 4.72 Å². The zero-order chi connectivity index (χ0) is 16.2. The van der Waals surface area contributed by atoms with Crippen molar-refractivity contribution < 1.29 is 13.2 Å². The van der Waals surface area contributed by atoms with Gasteiger partial charge >= 0.3 is 0 Å². The van der Waals surface area contributed by atoms with Gasteiger partial charge in [-0.2, -0.15) is 11.8 Å². The standard InChI is InChI=1S/C16H25NO3S2/c1-12-13(2)16(9-8-15(12)20-3)22(18,19)17-10-11-21-14-6-4-5-7-14/h8-9,14,17H,4-7,10-11H2,1-3H3. The minimum absolute atomic E-state index is 0.344. The number of sulfonamides is 1. The van der Waals surface area contributed by atoms with Crippen LogP contribution in [0.1, 0.15) is 36.8 Å². The minimum Gasteiger partial charge on any atom is -0.496 e. The van der Waals surface area contributed by atoms with E-state index < -0.39 is 10.0 Å². The third-order valence-electron chi connectivity index (χ3n) is 4.25. The smallest absolute Gasteiger partial charge is 0.240 e. The molecule has 1 aromatic carbocycles. The van der Waals surface area contributed by atoms with Gasteiger partial charge in [0.15, 0.2) is 0 Å². The van der Waals surface area contributed by atoms with E-state index in [1.54, 1.807) is 19.2 Å². The van der Waals surface area contributed by atoms with Crippen LogP contribution in [0.2, 0.25) is 0 Å². The number of thioether (sulfide) groups is 1. The molecular formula is C16H25NO3S2. The van der Waals surface area contributed by atoms with Gasteiger partial charge in [0.25, 0.3) is 0 Å². The van der Waals surface area contributed by atoms with Crippen LogP contribution in [0.5, 0.6) is 5.75 Å². The molecule has 22 heavy (non-hydrogen) atoms. The lowest BCUT2D eigenvalue weighted by molar-refractivity contribution is 0.410. The van der Waals surface area contributed by atoms with E-state index in [0.717, 1.165) is 22.1 Å². The van der Waals surface area contributed by atoms with Gasteiger partial charge in [-0.15, -0.1) is 0 Å². The summed E-state index contributed by atoms with van der Waals surface area (Å²) in [7, 11) is -1.86. The summed E-state index contributed by atoms with van der Waals surface area (Å²) < 4.78 is 32.8. The Morgan fingerprint density at radius 3 is 2.55 bits per heavy atom. The van der Waals surface area contributed by atoms with Crippen molar-refractivity contribution in [2.45, 2.75) is 49.7 Å². The van der Waals surface area contributed by atoms with E-state index in [1.807, 2.05) is 25.6 Å². The fourth-order valence-electron chi connectivity index (χ4n) is 2.82. The minimum atomic E-state index is -3.45. The predicted octanol–water partition coefficient (Wildman–Crippen LogP) is 3.27. The Labute approximate surface area is 138 Å². The Hall–Kier alpha value is -0.720. The number of rotatable bonds is 7. The van der Waals surface area contributed by atoms with Crippen molar-refractivity contribution in [1.82, 2.24) is 4.72 Å². The van der Waals surface area contributed by atoms with E-state index >= 15 is 0 Å². The van der Waals surface area contributed by atoms with Crippen LogP contribution >= 0.6 is 11.8 Å². The highest BCUT2D eigenvalue weighted by molar-refractivity contribution is 8.00. The third kappa shape index (κ3) is 4.18. The first-order valence-electron chi connectivity index (χ1n) is 7.71. The van der Waals surface area contributed by atoms with E-state index in [-0.39, 0.29) is 0 Å². The van der Waals surface area contributed by atoms with Crippen molar-refractivity contribution in [3.63, 3.8) is 0 Å². The normalized spacial score (nSPS) is 16.1. The molecule has 0 aliphatic heterocycles. The van der Waals surface area contributed by atoms with Crippen molar-refractivity contribution in [3.05, 3.63) is 23.3 Å². The zero-order valence-electron chi connectivity index (χ0n) is 13.5. The van der Waals surface area contributed by atoms with Gasteiger partial charge in [-0.25, -0.2) is 13.1 Å². The second-order valence-electron chi connectivity index (χ2n) is 5.69. The van der Waals surface area contributed by atoms with Crippen LogP contribution in [-0.2, 0) is 10.0 Å². The number of nitrogens with one attached hydrogen (secondary N) is 1. The highest BCUT2D eigenvalue weighted by atomic mass is 32.2. The molecule has 0 bridgehead atoms. The Kier molecular flexibility index (Phi) is 6.17. The summed E-state index contributed by atoms with van der Waals surface area (Å²) in [4.78, 5) is 0.344. The molecule has 1 aliphatic rings. The lowest BCUT2D eigenvalue weighted by atomic mass is 10.1. The summed E-state index contributed by atoms with van der Waals surface area (Å²) in [6, 6.07) is 3.33. The van der Waals surface area contributed by atoms with E-state index in [1.165, 1.54) is 25.7 Å². The summed E-state index contributed by atoms with van der Waals surface area (Å²) in [5, 5.41) is 0.717. The van der Waals surface area contributed by atoms with Crippen LogP contribution in [0.15, 0.2) is 17.0 Å². The van der Waals surface area contributed by atoms with Gasteiger partial charge in [-0.1, -0.05) is 12.8 Å². The van der Waals surface area contributed by atoms with Gasteiger partial charge in [0, 0.05) is 17.5 Å². The topological polar surface area (TPSA) is 55.4 Å². The molecule has 0 unspecified atom stereocenters. The molecule has 0 spiro atoms. The van der Waals surface area contributed by atoms with Crippen molar-refractivity contribution in [2.24, 2.45) is 0 Å². The maximum Gasteiger partial charge on any atom is 0.240 e. The fourth-order valence-corrected chi connectivity index (χ4v) is 5.50. The van der Waals surface area contributed by atoms with E-state index in [4.69, 9.17) is 4.74 Å². The fraction of sp³-hybridized carbons (Fsp3) is 0.625. The van der Waals surface area contributed by atoms with Crippen molar-refractivity contribution in [2.75, 3.05) is 19.4 Å². The van der Waals surface area contributed by atoms with Crippen LogP contribution in [0, 0.1) is 13.8 Å². The molecule has 2 rings (SSSR count). The Morgan fingerprint density at radius 1 is 1.23 bits per heavy atom. The molecule has 1 aromatic rings. The molecule has 124 valence electrons. The molecule has 0 heterocycles. The number of methoxy groups -OCH3 is 1. The average molecular weight is 344 g/mol. The Morgan fingerprint density at radius 2 is 1.91 bits per heavy atom. The summed E-state index contributed by atoms with van der Waals surface area (Å²) >= 11 is 1.89. The van der Waals surface area contributed by atoms with Crippen LogP contribution in [-0.4, -0.2) is 33.1 Å². The maximum absolute atomic E-state index is 12.4. The summed E-state index contributed by atoms with van der Waals surface area (Å²) in [5.41, 5.74) is 1.61. The van der Waals surface area contributed by atoms with Gasteiger partial charge in [-0.05, 0) is 49.9 Å². The van der Waals surface area contributed by atoms with Gasteiger partial charge < -0.3 is 4.74 Å². The molecule has 6 heteroatoms. The molecule has 0 amide bonds. The number of ether oxygens (including phenoxy) is 1. The lowest BCUT2D eigenvalue weighted by Crippen LogP contribution is -2.27. The molecule has 1 N–H and O–H groups in total. The zero-order valence-corrected chi connectivity index (χ0v) is 15.1. The molecule has 1 aliphatic carbocycles. The maximum atomic E-state index is 12.4. The van der Waals surface area contributed by atoms with Gasteiger partial charge in [-0.3, -0.25) is 0 Å². The molecule has 4 nitrogen and oxygen atoms in total. The van der Waals surface area contributed by atoms with E-state index in [9.17, 15) is 8.42 Å². The first-order valence-corrected chi connectivity index (χ1v) is 10.2. The van der Waals surface area contributed by atoms with Crippen LogP contribution in [0.4, 0.5) is 0 Å². The average Bonchev–Trinajstić information content (AvgIpc) is 2.99. The number of hydrogen-bond donors (Lipinski definition) is 1. The summed E-state index contributed by atoms with van der Waals surface area (Å²) in [6.45, 7) is 4.18. The van der Waals surface area contributed by atoms with E-state index in [0.29, 0.717) is 17.2 Å². The predicted molar refractivity (Wildman–Crippen MR) is 92.4 cm³/mol. The van der Waals surface area contributed by atoms with Crippen LogP contribution < -0.4 is 9.46 Å². The largest absolute Gasteiger partial charge is 0.496 e. The summed E-state index contributed by atoms with van der Waals surface area (Å²) in [5.74, 6) is 1.55. The number of benzene rings is 1. The summed E-state index contributed by atoms with van der Waals surface area (Å²) in [6.07, 6.45) is 5.17. The first kappa shape index (κ1) is 17.6. The molecule has 0 atom stereocenters. The van der Waals surface area contributed by atoms with Crippen molar-refractivity contribution in [1.29, 1.82) is 0 Å². The van der Waals surface area contributed by atoms with Crippen molar-refractivity contribution >= 4 is 21.8 Å². The highest BCUT2D eigenvalue weighted by Gasteiger charge is 2.20. The van der Waals surface area contributed by atoms with Gasteiger partial charge in [0.2, 0.25) is 10.0 Å². The second kappa shape index (κ2) is 7.70. The molecule has 0 saturated heterocycles. The first-order chi connectivity index (χ1) is 10.5. The second-order valence-corrected chi connectivity index (χ2v) is 8.83. The molecule has 0 radical (unpaired) electrons. The monoisotopic (exact) mass is 343 g/mol. The van der Waals surface area contributed by atoms with Crippen molar-refractivity contribution in [3.8, 4) is 5.75 Å². The molecule has 0 aromatic heterocycles. The lowest BCUT2D eigenvalue weighted by Gasteiger charge is -2.14. The van der Waals surface area contributed by atoms with Gasteiger partial charge in [0.1, 0.15) is 5.75 Å². The van der Waals surface area contributed by atoms with Crippen LogP contribution in [0.25, 0.3) is 0 Å². The SMILES string of the molecule is COc1ccc(S(=O)(=O)NCCSC2CCCC2)c(C)c1C. The molecule has 1 saturated carbocycles. The number of hydrogen-bond acceptors (Lipinski definition) is 4. The Bertz CT molecular complexity index is 608. The van der Waals surface area contributed by atoms with Crippen LogP contribution in [0.3, 0.4) is 0 Å². The molecule has 1 fully saturated rings. The highest BCUT2D eigenvalue weighted by Crippen LogP contribution is 2.29. The quantitative estimate of drug-likeness (QED) is 0.772. The van der Waals surface area contributed by atoms with Gasteiger partial charge in [0.05, 0.1) is 12.0 Å². The third-order valence-corrected chi connectivity index (χ3v) is 7.24. The molecular weight excluding hydrogens is 318 g/mol.